The number of amides is 1. The number of sulfonamides is 1. The number of hydrogen-bond donors (Lipinski definition) is 1. The van der Waals surface area contributed by atoms with Gasteiger partial charge in [-0.3, -0.25) is 10.1 Å². The van der Waals surface area contributed by atoms with Crippen LogP contribution in [0.1, 0.15) is 17.2 Å². The maximum Gasteiger partial charge on any atom is 0.243 e. The molecule has 0 saturated carbocycles. The van der Waals surface area contributed by atoms with Gasteiger partial charge in [0.15, 0.2) is 0 Å². The first kappa shape index (κ1) is 23.4. The highest BCUT2D eigenvalue weighted by molar-refractivity contribution is 7.89. The zero-order chi connectivity index (χ0) is 23.3. The topological polar surface area (TPSA) is 69.7 Å². The molecule has 1 heterocycles. The van der Waals surface area contributed by atoms with Crippen LogP contribution in [0.2, 0.25) is 5.02 Å². The molecule has 0 aromatic heterocycles. The summed E-state index contributed by atoms with van der Waals surface area (Å²) in [5.41, 5.74) is 2.16. The molecule has 4 rings (SSSR count). The van der Waals surface area contributed by atoms with Gasteiger partial charge < -0.3 is 4.90 Å². The van der Waals surface area contributed by atoms with Crippen molar-refractivity contribution >= 4 is 27.5 Å². The van der Waals surface area contributed by atoms with E-state index in [9.17, 15) is 13.2 Å². The molecule has 0 bridgehead atoms. The zero-order valence-electron chi connectivity index (χ0n) is 18.1. The lowest BCUT2D eigenvalue weighted by Crippen LogP contribution is -2.52. The second-order valence-electron chi connectivity index (χ2n) is 7.87. The molecule has 33 heavy (non-hydrogen) atoms. The minimum atomic E-state index is -3.60. The van der Waals surface area contributed by atoms with Crippen LogP contribution in [-0.2, 0) is 14.8 Å². The van der Waals surface area contributed by atoms with E-state index in [0.29, 0.717) is 18.1 Å². The van der Waals surface area contributed by atoms with E-state index in [-0.39, 0.29) is 36.5 Å². The monoisotopic (exact) mass is 483 g/mol. The highest BCUT2D eigenvalue weighted by Crippen LogP contribution is 2.22. The number of halogens is 1. The average Bonchev–Trinajstić information content (AvgIpc) is 2.86. The number of nitrogens with zero attached hydrogens (tertiary/aromatic N) is 2. The molecule has 1 aliphatic rings. The SMILES string of the molecule is O=C(CNC(c1ccccc1)c1ccccc1)N1CCN(S(=O)(=O)c2ccc(Cl)cc2)CC1. The summed E-state index contributed by atoms with van der Waals surface area (Å²) in [5.74, 6) is -0.0459. The van der Waals surface area contributed by atoms with E-state index < -0.39 is 10.0 Å². The van der Waals surface area contributed by atoms with Crippen molar-refractivity contribution in [3.63, 3.8) is 0 Å². The van der Waals surface area contributed by atoms with Crippen molar-refractivity contribution in [2.24, 2.45) is 0 Å². The molecular formula is C25H26ClN3O3S. The molecule has 172 valence electrons. The molecule has 3 aromatic rings. The fraction of sp³-hybridized carbons (Fsp3) is 0.240. The van der Waals surface area contributed by atoms with Crippen LogP contribution in [-0.4, -0.2) is 56.3 Å². The summed E-state index contributed by atoms with van der Waals surface area (Å²) in [6.07, 6.45) is 0. The van der Waals surface area contributed by atoms with Crippen LogP contribution in [0.25, 0.3) is 0 Å². The number of carbonyl (C=O) groups is 1. The third-order valence-corrected chi connectivity index (χ3v) is 7.93. The summed E-state index contributed by atoms with van der Waals surface area (Å²) in [4.78, 5) is 14.8. The molecule has 1 N–H and O–H groups in total. The van der Waals surface area contributed by atoms with Gasteiger partial charge in [0.1, 0.15) is 0 Å². The molecule has 3 aromatic carbocycles. The van der Waals surface area contributed by atoms with E-state index in [1.54, 1.807) is 17.0 Å². The Bertz CT molecular complexity index is 1130. The van der Waals surface area contributed by atoms with Crippen LogP contribution in [0.15, 0.2) is 89.8 Å². The quantitative estimate of drug-likeness (QED) is 0.558. The maximum atomic E-state index is 12.9. The summed E-state index contributed by atoms with van der Waals surface area (Å²) >= 11 is 5.87. The van der Waals surface area contributed by atoms with Gasteiger partial charge in [-0.1, -0.05) is 72.3 Å². The van der Waals surface area contributed by atoms with E-state index in [0.717, 1.165) is 11.1 Å². The summed E-state index contributed by atoms with van der Waals surface area (Å²) in [6.45, 7) is 1.40. The van der Waals surface area contributed by atoms with Crippen LogP contribution in [0.3, 0.4) is 0 Å². The Hall–Kier alpha value is -2.71. The standard InChI is InChI=1S/C25H26ClN3O3S/c26-22-11-13-23(14-12-22)33(31,32)29-17-15-28(16-18-29)24(30)19-27-25(20-7-3-1-4-8-20)21-9-5-2-6-10-21/h1-14,25,27H,15-19H2. The predicted molar refractivity (Wildman–Crippen MR) is 130 cm³/mol. The largest absolute Gasteiger partial charge is 0.339 e. The van der Waals surface area contributed by atoms with Gasteiger partial charge in [0.05, 0.1) is 17.5 Å². The zero-order valence-corrected chi connectivity index (χ0v) is 19.7. The number of piperazine rings is 1. The number of benzene rings is 3. The van der Waals surface area contributed by atoms with Gasteiger partial charge in [0, 0.05) is 31.2 Å². The molecule has 1 fully saturated rings. The molecule has 1 amide bonds. The van der Waals surface area contributed by atoms with Crippen molar-refractivity contribution in [1.82, 2.24) is 14.5 Å². The molecule has 0 aliphatic carbocycles. The molecule has 1 aliphatic heterocycles. The number of nitrogens with one attached hydrogen (secondary N) is 1. The number of carbonyl (C=O) groups excluding carboxylic acids is 1. The molecule has 0 atom stereocenters. The lowest BCUT2D eigenvalue weighted by Gasteiger charge is -2.34. The van der Waals surface area contributed by atoms with Gasteiger partial charge in [-0.05, 0) is 35.4 Å². The van der Waals surface area contributed by atoms with Crippen LogP contribution in [0.4, 0.5) is 0 Å². The summed E-state index contributed by atoms with van der Waals surface area (Å²) in [5, 5.41) is 3.87. The Kier molecular flexibility index (Phi) is 7.45. The molecule has 8 heteroatoms. The van der Waals surface area contributed by atoms with E-state index >= 15 is 0 Å². The molecule has 0 spiro atoms. The molecule has 0 unspecified atom stereocenters. The summed E-state index contributed by atoms with van der Waals surface area (Å²) in [7, 11) is -3.60. The normalized spacial score (nSPS) is 15.0. The molecular weight excluding hydrogens is 458 g/mol. The highest BCUT2D eigenvalue weighted by Gasteiger charge is 2.30. The fourth-order valence-electron chi connectivity index (χ4n) is 3.95. The van der Waals surface area contributed by atoms with Crippen molar-refractivity contribution in [3.8, 4) is 0 Å². The smallest absolute Gasteiger partial charge is 0.243 e. The first-order chi connectivity index (χ1) is 15.9. The number of hydrogen-bond acceptors (Lipinski definition) is 4. The minimum absolute atomic E-state index is 0.0459. The second-order valence-corrected chi connectivity index (χ2v) is 10.2. The van der Waals surface area contributed by atoms with Gasteiger partial charge in [0.25, 0.3) is 0 Å². The second kappa shape index (κ2) is 10.5. The third-order valence-electron chi connectivity index (χ3n) is 5.77. The Morgan fingerprint density at radius 2 is 1.33 bits per heavy atom. The van der Waals surface area contributed by atoms with Crippen LogP contribution in [0.5, 0.6) is 0 Å². The van der Waals surface area contributed by atoms with E-state index in [4.69, 9.17) is 11.6 Å². The van der Waals surface area contributed by atoms with Gasteiger partial charge in [-0.2, -0.15) is 4.31 Å². The van der Waals surface area contributed by atoms with Crippen molar-refractivity contribution in [2.75, 3.05) is 32.7 Å². The van der Waals surface area contributed by atoms with Gasteiger partial charge in [0.2, 0.25) is 15.9 Å². The number of rotatable bonds is 7. The minimum Gasteiger partial charge on any atom is -0.339 e. The lowest BCUT2D eigenvalue weighted by molar-refractivity contribution is -0.131. The van der Waals surface area contributed by atoms with Crippen molar-refractivity contribution < 1.29 is 13.2 Å². The van der Waals surface area contributed by atoms with E-state index in [1.165, 1.54) is 16.4 Å². The Labute approximate surface area is 199 Å². The fourth-order valence-corrected chi connectivity index (χ4v) is 5.50. The highest BCUT2D eigenvalue weighted by atomic mass is 35.5. The molecule has 6 nitrogen and oxygen atoms in total. The van der Waals surface area contributed by atoms with E-state index in [1.807, 2.05) is 60.7 Å². The average molecular weight is 484 g/mol. The summed E-state index contributed by atoms with van der Waals surface area (Å²) in [6, 6.07) is 26.0. The van der Waals surface area contributed by atoms with Gasteiger partial charge in [-0.15, -0.1) is 0 Å². The van der Waals surface area contributed by atoms with Crippen LogP contribution < -0.4 is 5.32 Å². The van der Waals surface area contributed by atoms with E-state index in [2.05, 4.69) is 5.32 Å². The Balaban J connectivity index is 1.37. The first-order valence-electron chi connectivity index (χ1n) is 10.8. The van der Waals surface area contributed by atoms with Crippen molar-refractivity contribution in [1.29, 1.82) is 0 Å². The Morgan fingerprint density at radius 1 is 0.818 bits per heavy atom. The lowest BCUT2D eigenvalue weighted by atomic mass is 9.99. The maximum absolute atomic E-state index is 12.9. The molecule has 0 radical (unpaired) electrons. The van der Waals surface area contributed by atoms with Crippen LogP contribution >= 0.6 is 11.6 Å². The van der Waals surface area contributed by atoms with Crippen molar-refractivity contribution in [2.45, 2.75) is 10.9 Å². The predicted octanol–water partition coefficient (Wildman–Crippen LogP) is 3.55. The third kappa shape index (κ3) is 5.62. The van der Waals surface area contributed by atoms with Crippen LogP contribution in [0, 0.1) is 0 Å². The van der Waals surface area contributed by atoms with Crippen molar-refractivity contribution in [3.05, 3.63) is 101 Å². The first-order valence-corrected chi connectivity index (χ1v) is 12.6. The molecule has 1 saturated heterocycles. The van der Waals surface area contributed by atoms with Gasteiger partial charge in [-0.25, -0.2) is 8.42 Å². The Morgan fingerprint density at radius 3 is 1.85 bits per heavy atom. The summed E-state index contributed by atoms with van der Waals surface area (Å²) < 4.78 is 27.2. The van der Waals surface area contributed by atoms with Gasteiger partial charge >= 0.3 is 0 Å².